The molecule has 0 N–H and O–H groups in total. The highest BCUT2D eigenvalue weighted by Crippen LogP contribution is 2.22. The van der Waals surface area contributed by atoms with Gasteiger partial charge in [0.15, 0.2) is 0 Å². The average Bonchev–Trinajstić information content (AvgIpc) is 2.24. The van der Waals surface area contributed by atoms with E-state index in [1.54, 1.807) is 0 Å². The third-order valence-electron chi connectivity index (χ3n) is 2.87. The second-order valence-corrected chi connectivity index (χ2v) is 4.96. The summed E-state index contributed by atoms with van der Waals surface area (Å²) in [6.07, 6.45) is 1.13. The number of nitriles is 1. The van der Waals surface area contributed by atoms with E-state index in [1.165, 1.54) is 0 Å². The van der Waals surface area contributed by atoms with Crippen molar-refractivity contribution in [1.29, 1.82) is 5.26 Å². The molecule has 17 heavy (non-hydrogen) atoms. The van der Waals surface area contributed by atoms with Crippen LogP contribution in [0.4, 0.5) is 5.69 Å². The molecule has 92 valence electrons. The minimum absolute atomic E-state index is 0.673. The van der Waals surface area contributed by atoms with Crippen LogP contribution in [-0.4, -0.2) is 18.6 Å². The second-order valence-electron chi connectivity index (χ2n) is 4.96. The van der Waals surface area contributed by atoms with Crippen molar-refractivity contribution in [3.63, 3.8) is 0 Å². The maximum atomic E-state index is 9.20. The van der Waals surface area contributed by atoms with E-state index in [1.807, 2.05) is 27.0 Å². The van der Waals surface area contributed by atoms with E-state index in [0.29, 0.717) is 11.5 Å². The van der Waals surface area contributed by atoms with E-state index in [2.05, 4.69) is 29.8 Å². The van der Waals surface area contributed by atoms with Gasteiger partial charge in [-0.1, -0.05) is 13.8 Å². The van der Waals surface area contributed by atoms with Gasteiger partial charge in [-0.2, -0.15) is 5.26 Å². The molecule has 0 aliphatic carbocycles. The van der Waals surface area contributed by atoms with Crippen LogP contribution in [-0.2, 0) is 0 Å². The fourth-order valence-corrected chi connectivity index (χ4v) is 1.82. The molecule has 1 heterocycles. The first-order valence-electron chi connectivity index (χ1n) is 6.05. The minimum atomic E-state index is 0.673. The summed E-state index contributed by atoms with van der Waals surface area (Å²) < 4.78 is 0. The summed E-state index contributed by atoms with van der Waals surface area (Å²) in [5.41, 5.74) is 3.48. The highest BCUT2D eigenvalue weighted by molar-refractivity contribution is 5.61. The molecule has 0 aromatic carbocycles. The van der Waals surface area contributed by atoms with E-state index < -0.39 is 0 Å². The normalized spacial score (nSPS) is 10.4. The SMILES string of the molecule is Cc1cc(N(C)CCC(C)C)c(C#N)c(C)n1. The highest BCUT2D eigenvalue weighted by atomic mass is 15.1. The number of pyridine rings is 1. The lowest BCUT2D eigenvalue weighted by molar-refractivity contribution is 0.585. The molecule has 1 rings (SSSR count). The fourth-order valence-electron chi connectivity index (χ4n) is 1.82. The summed E-state index contributed by atoms with van der Waals surface area (Å²) in [5, 5.41) is 9.20. The molecular formula is C14H21N3. The van der Waals surface area contributed by atoms with Gasteiger partial charge in [-0.15, -0.1) is 0 Å². The Morgan fingerprint density at radius 1 is 1.41 bits per heavy atom. The summed E-state index contributed by atoms with van der Waals surface area (Å²) in [4.78, 5) is 6.49. The number of hydrogen-bond donors (Lipinski definition) is 0. The molecule has 0 saturated heterocycles. The average molecular weight is 231 g/mol. The molecule has 0 fully saturated rings. The van der Waals surface area contributed by atoms with E-state index >= 15 is 0 Å². The number of anilines is 1. The van der Waals surface area contributed by atoms with Crippen molar-refractivity contribution >= 4 is 5.69 Å². The summed E-state index contributed by atoms with van der Waals surface area (Å²) >= 11 is 0. The van der Waals surface area contributed by atoms with E-state index in [0.717, 1.165) is 30.0 Å². The van der Waals surface area contributed by atoms with E-state index in [9.17, 15) is 5.26 Å². The van der Waals surface area contributed by atoms with Gasteiger partial charge in [0.25, 0.3) is 0 Å². The van der Waals surface area contributed by atoms with Crippen LogP contribution in [0.1, 0.15) is 37.2 Å². The van der Waals surface area contributed by atoms with Gasteiger partial charge in [-0.3, -0.25) is 4.98 Å². The van der Waals surface area contributed by atoms with Gasteiger partial charge in [-0.25, -0.2) is 0 Å². The van der Waals surface area contributed by atoms with Gasteiger partial charge >= 0.3 is 0 Å². The Labute approximate surface area is 104 Å². The van der Waals surface area contributed by atoms with Gasteiger partial charge < -0.3 is 4.90 Å². The number of nitrogens with zero attached hydrogens (tertiary/aromatic N) is 3. The predicted octanol–water partition coefficient (Wildman–Crippen LogP) is 3.05. The Kier molecular flexibility index (Phi) is 4.51. The van der Waals surface area contributed by atoms with Crippen molar-refractivity contribution in [2.45, 2.75) is 34.1 Å². The largest absolute Gasteiger partial charge is 0.373 e. The first kappa shape index (κ1) is 13.5. The Bertz CT molecular complexity index is 430. The Morgan fingerprint density at radius 3 is 2.59 bits per heavy atom. The minimum Gasteiger partial charge on any atom is -0.373 e. The van der Waals surface area contributed by atoms with Crippen LogP contribution >= 0.6 is 0 Å². The highest BCUT2D eigenvalue weighted by Gasteiger charge is 2.12. The zero-order valence-corrected chi connectivity index (χ0v) is 11.4. The van der Waals surface area contributed by atoms with Crippen molar-refractivity contribution in [3.8, 4) is 6.07 Å². The quantitative estimate of drug-likeness (QED) is 0.799. The number of aryl methyl sites for hydroxylation is 2. The van der Waals surface area contributed by atoms with Crippen molar-refractivity contribution in [3.05, 3.63) is 23.0 Å². The van der Waals surface area contributed by atoms with Gasteiger partial charge in [-0.05, 0) is 32.3 Å². The summed E-state index contributed by atoms with van der Waals surface area (Å²) in [6.45, 7) is 9.25. The molecular weight excluding hydrogens is 210 g/mol. The molecule has 3 nitrogen and oxygen atoms in total. The molecule has 0 bridgehead atoms. The number of rotatable bonds is 4. The second kappa shape index (κ2) is 5.67. The molecule has 0 unspecified atom stereocenters. The van der Waals surface area contributed by atoms with Crippen LogP contribution in [0, 0.1) is 31.1 Å². The first-order chi connectivity index (χ1) is 7.95. The van der Waals surface area contributed by atoms with Crippen LogP contribution in [0.25, 0.3) is 0 Å². The fraction of sp³-hybridized carbons (Fsp3) is 0.571. The Hall–Kier alpha value is -1.56. The van der Waals surface area contributed by atoms with Gasteiger partial charge in [0.05, 0.1) is 16.9 Å². The maximum absolute atomic E-state index is 9.20. The first-order valence-corrected chi connectivity index (χ1v) is 6.05. The topological polar surface area (TPSA) is 39.9 Å². The predicted molar refractivity (Wildman–Crippen MR) is 71.2 cm³/mol. The third-order valence-corrected chi connectivity index (χ3v) is 2.87. The lowest BCUT2D eigenvalue weighted by atomic mass is 10.1. The smallest absolute Gasteiger partial charge is 0.103 e. The molecule has 0 aliphatic heterocycles. The molecule has 0 radical (unpaired) electrons. The summed E-state index contributed by atoms with van der Waals surface area (Å²) in [7, 11) is 2.04. The van der Waals surface area contributed by atoms with Crippen LogP contribution < -0.4 is 4.90 Å². The van der Waals surface area contributed by atoms with Crippen LogP contribution in [0.3, 0.4) is 0 Å². The molecule has 0 atom stereocenters. The summed E-state index contributed by atoms with van der Waals surface area (Å²) in [5.74, 6) is 0.673. The van der Waals surface area contributed by atoms with Gasteiger partial charge in [0.1, 0.15) is 6.07 Å². The van der Waals surface area contributed by atoms with Crippen molar-refractivity contribution in [2.75, 3.05) is 18.5 Å². The maximum Gasteiger partial charge on any atom is 0.103 e. The monoisotopic (exact) mass is 231 g/mol. The van der Waals surface area contributed by atoms with Crippen molar-refractivity contribution in [1.82, 2.24) is 4.98 Å². The van der Waals surface area contributed by atoms with Crippen LogP contribution in [0.15, 0.2) is 6.07 Å². The standard InChI is InChI=1S/C14H21N3/c1-10(2)6-7-17(5)14-8-11(3)16-12(4)13(14)9-15/h8,10H,6-7H2,1-5H3. The lowest BCUT2D eigenvalue weighted by Crippen LogP contribution is -2.21. The summed E-state index contributed by atoms with van der Waals surface area (Å²) in [6, 6.07) is 4.25. The van der Waals surface area contributed by atoms with Crippen LogP contribution in [0.5, 0.6) is 0 Å². The molecule has 0 spiro atoms. The molecule has 0 saturated carbocycles. The zero-order valence-electron chi connectivity index (χ0n) is 11.4. The third kappa shape index (κ3) is 3.45. The Morgan fingerprint density at radius 2 is 2.06 bits per heavy atom. The van der Waals surface area contributed by atoms with Gasteiger partial charge in [0.2, 0.25) is 0 Å². The molecule has 0 aliphatic rings. The van der Waals surface area contributed by atoms with Crippen LogP contribution in [0.2, 0.25) is 0 Å². The van der Waals surface area contributed by atoms with Crippen molar-refractivity contribution in [2.24, 2.45) is 5.92 Å². The Balaban J connectivity index is 3.00. The van der Waals surface area contributed by atoms with E-state index in [-0.39, 0.29) is 0 Å². The zero-order chi connectivity index (χ0) is 13.0. The van der Waals surface area contributed by atoms with Crippen molar-refractivity contribution < 1.29 is 0 Å². The lowest BCUT2D eigenvalue weighted by Gasteiger charge is -2.22. The molecule has 0 amide bonds. The van der Waals surface area contributed by atoms with E-state index in [4.69, 9.17) is 0 Å². The van der Waals surface area contributed by atoms with Gasteiger partial charge in [0, 0.05) is 19.3 Å². The molecule has 1 aromatic rings. The molecule has 3 heteroatoms. The number of aromatic nitrogens is 1. The number of hydrogen-bond acceptors (Lipinski definition) is 3. The molecule has 1 aromatic heterocycles.